The van der Waals surface area contributed by atoms with Crippen molar-refractivity contribution in [2.24, 2.45) is 0 Å². The summed E-state index contributed by atoms with van der Waals surface area (Å²) in [5.41, 5.74) is 0. The highest BCUT2D eigenvalue weighted by Gasteiger charge is 2.13. The predicted octanol–water partition coefficient (Wildman–Crippen LogP) is 3.49. The Bertz CT molecular complexity index is 374. The molecule has 0 radical (unpaired) electrons. The maximum atomic E-state index is 6.12. The van der Waals surface area contributed by atoms with Gasteiger partial charge in [-0.2, -0.15) is 0 Å². The molecule has 1 aromatic rings. The van der Waals surface area contributed by atoms with Crippen LogP contribution in [-0.2, 0) is 4.74 Å². The molecular weight excluding hydrogens is 318 g/mol. The van der Waals surface area contributed by atoms with E-state index in [1.165, 1.54) is 0 Å². The van der Waals surface area contributed by atoms with E-state index in [1.54, 1.807) is 7.11 Å². The smallest absolute Gasteiger partial charge is 0.138 e. The number of nitrogens with one attached hydrogen (secondary N) is 1. The van der Waals surface area contributed by atoms with Gasteiger partial charge in [-0.05, 0) is 18.2 Å². The van der Waals surface area contributed by atoms with Crippen LogP contribution in [0.5, 0.6) is 5.75 Å². The van der Waals surface area contributed by atoms with E-state index >= 15 is 0 Å². The highest BCUT2D eigenvalue weighted by Crippen LogP contribution is 2.28. The van der Waals surface area contributed by atoms with Crippen molar-refractivity contribution in [2.45, 2.75) is 26.0 Å². The molecule has 102 valence electrons. The lowest BCUT2D eigenvalue weighted by Gasteiger charge is -2.21. The van der Waals surface area contributed by atoms with E-state index in [1.807, 2.05) is 18.2 Å². The quantitative estimate of drug-likeness (QED) is 0.827. The highest BCUT2D eigenvalue weighted by atomic mass is 79.9. The molecule has 0 aliphatic rings. The van der Waals surface area contributed by atoms with E-state index in [0.717, 1.165) is 11.0 Å². The Labute approximate surface area is 122 Å². The number of ether oxygens (including phenoxy) is 2. The minimum Gasteiger partial charge on any atom is -0.485 e. The Morgan fingerprint density at radius 3 is 2.67 bits per heavy atom. The van der Waals surface area contributed by atoms with E-state index in [9.17, 15) is 0 Å². The third kappa shape index (κ3) is 5.57. The second kappa shape index (κ2) is 8.00. The number of hydrogen-bond acceptors (Lipinski definition) is 3. The number of halogens is 2. The molecule has 0 saturated heterocycles. The number of rotatable bonds is 7. The van der Waals surface area contributed by atoms with Crippen molar-refractivity contribution >= 4 is 27.5 Å². The second-order valence-corrected chi connectivity index (χ2v) is 5.66. The lowest BCUT2D eigenvalue weighted by atomic mass is 10.3. The molecule has 0 aromatic heterocycles. The summed E-state index contributed by atoms with van der Waals surface area (Å²) in [5.74, 6) is 0.674. The summed E-state index contributed by atoms with van der Waals surface area (Å²) in [6, 6.07) is 5.98. The van der Waals surface area contributed by atoms with Gasteiger partial charge in [-0.1, -0.05) is 41.4 Å². The van der Waals surface area contributed by atoms with Crippen LogP contribution in [0.1, 0.15) is 13.8 Å². The van der Waals surface area contributed by atoms with E-state index in [4.69, 9.17) is 21.1 Å². The molecule has 5 heteroatoms. The van der Waals surface area contributed by atoms with Gasteiger partial charge in [-0.3, -0.25) is 0 Å². The fraction of sp³-hybridized carbons (Fsp3) is 0.538. The van der Waals surface area contributed by atoms with Crippen molar-refractivity contribution in [1.82, 2.24) is 5.32 Å². The molecule has 1 aromatic carbocycles. The third-order valence-electron chi connectivity index (χ3n) is 2.29. The molecule has 0 aliphatic heterocycles. The summed E-state index contributed by atoms with van der Waals surface area (Å²) >= 11 is 9.49. The van der Waals surface area contributed by atoms with Crippen molar-refractivity contribution in [1.29, 1.82) is 0 Å². The van der Waals surface area contributed by atoms with Crippen molar-refractivity contribution < 1.29 is 9.47 Å². The molecule has 0 aliphatic carbocycles. The zero-order valence-electron chi connectivity index (χ0n) is 10.9. The average molecular weight is 337 g/mol. The largest absolute Gasteiger partial charge is 0.485 e. The van der Waals surface area contributed by atoms with Crippen LogP contribution in [0.3, 0.4) is 0 Å². The molecule has 1 rings (SSSR count). The van der Waals surface area contributed by atoms with Gasteiger partial charge in [0.2, 0.25) is 0 Å². The minimum atomic E-state index is -0.0592. The summed E-state index contributed by atoms with van der Waals surface area (Å²) in [7, 11) is 1.66. The van der Waals surface area contributed by atoms with E-state index < -0.39 is 0 Å². The zero-order valence-corrected chi connectivity index (χ0v) is 13.2. The monoisotopic (exact) mass is 335 g/mol. The third-order valence-corrected chi connectivity index (χ3v) is 3.08. The summed E-state index contributed by atoms with van der Waals surface area (Å²) in [4.78, 5) is 0. The van der Waals surface area contributed by atoms with E-state index in [-0.39, 0.29) is 6.10 Å². The second-order valence-electron chi connectivity index (χ2n) is 4.33. The van der Waals surface area contributed by atoms with Crippen molar-refractivity contribution in [3.05, 3.63) is 27.7 Å². The van der Waals surface area contributed by atoms with Crippen LogP contribution in [0, 0.1) is 0 Å². The summed E-state index contributed by atoms with van der Waals surface area (Å²) in [6.45, 7) is 5.43. The number of benzene rings is 1. The first kappa shape index (κ1) is 15.8. The van der Waals surface area contributed by atoms with Crippen LogP contribution < -0.4 is 10.1 Å². The first-order valence-corrected chi connectivity index (χ1v) is 7.04. The van der Waals surface area contributed by atoms with Crippen LogP contribution in [0.25, 0.3) is 0 Å². The van der Waals surface area contributed by atoms with Gasteiger partial charge in [0, 0.05) is 24.2 Å². The molecular formula is C13H19BrClNO2. The molecule has 0 bridgehead atoms. The van der Waals surface area contributed by atoms with Gasteiger partial charge in [0.25, 0.3) is 0 Å². The normalized spacial score (nSPS) is 12.8. The number of hydrogen-bond donors (Lipinski definition) is 1. The molecule has 0 fully saturated rings. The van der Waals surface area contributed by atoms with Gasteiger partial charge < -0.3 is 14.8 Å². The summed E-state index contributed by atoms with van der Waals surface area (Å²) in [5, 5.41) is 3.92. The summed E-state index contributed by atoms with van der Waals surface area (Å²) in [6.07, 6.45) is -0.0592. The van der Waals surface area contributed by atoms with Crippen LogP contribution in [0.4, 0.5) is 0 Å². The van der Waals surface area contributed by atoms with Crippen molar-refractivity contribution in [2.75, 3.05) is 20.3 Å². The topological polar surface area (TPSA) is 30.5 Å². The van der Waals surface area contributed by atoms with Gasteiger partial charge in [0.1, 0.15) is 11.9 Å². The maximum Gasteiger partial charge on any atom is 0.138 e. The van der Waals surface area contributed by atoms with Gasteiger partial charge in [0.15, 0.2) is 0 Å². The summed E-state index contributed by atoms with van der Waals surface area (Å²) < 4.78 is 11.9. The Morgan fingerprint density at radius 2 is 2.11 bits per heavy atom. The highest BCUT2D eigenvalue weighted by molar-refractivity contribution is 9.10. The van der Waals surface area contributed by atoms with Gasteiger partial charge in [-0.15, -0.1) is 0 Å². The Hall–Kier alpha value is -0.290. The Morgan fingerprint density at radius 1 is 1.39 bits per heavy atom. The van der Waals surface area contributed by atoms with Crippen LogP contribution >= 0.6 is 27.5 Å². The van der Waals surface area contributed by atoms with Crippen molar-refractivity contribution in [3.63, 3.8) is 0 Å². The molecule has 18 heavy (non-hydrogen) atoms. The Balaban J connectivity index is 2.64. The van der Waals surface area contributed by atoms with Gasteiger partial charge >= 0.3 is 0 Å². The first-order valence-electron chi connectivity index (χ1n) is 5.87. The lowest BCUT2D eigenvalue weighted by Crippen LogP contribution is -2.38. The molecule has 0 saturated carbocycles. The average Bonchev–Trinajstić information content (AvgIpc) is 2.29. The standard InChI is InChI=1S/C13H19BrClNO2/c1-9(2)16-7-11(8-17-3)18-13-5-4-10(14)6-12(13)15/h4-6,9,11,16H,7-8H2,1-3H3. The fourth-order valence-electron chi connectivity index (χ4n) is 1.44. The molecule has 1 atom stereocenters. The molecule has 3 nitrogen and oxygen atoms in total. The first-order chi connectivity index (χ1) is 8.52. The van der Waals surface area contributed by atoms with Gasteiger partial charge in [-0.25, -0.2) is 0 Å². The van der Waals surface area contributed by atoms with Gasteiger partial charge in [0.05, 0.1) is 11.6 Å². The molecule has 0 spiro atoms. The number of methoxy groups -OCH3 is 1. The zero-order chi connectivity index (χ0) is 13.5. The molecule has 0 amide bonds. The predicted molar refractivity (Wildman–Crippen MR) is 78.6 cm³/mol. The minimum absolute atomic E-state index is 0.0592. The van der Waals surface area contributed by atoms with Crippen LogP contribution in [0.15, 0.2) is 22.7 Å². The van der Waals surface area contributed by atoms with Crippen LogP contribution in [0.2, 0.25) is 5.02 Å². The molecule has 1 unspecified atom stereocenters. The van der Waals surface area contributed by atoms with E-state index in [0.29, 0.717) is 23.4 Å². The fourth-order valence-corrected chi connectivity index (χ4v) is 2.16. The van der Waals surface area contributed by atoms with Crippen molar-refractivity contribution in [3.8, 4) is 5.75 Å². The van der Waals surface area contributed by atoms with E-state index in [2.05, 4.69) is 35.1 Å². The molecule has 0 heterocycles. The maximum absolute atomic E-state index is 6.12. The lowest BCUT2D eigenvalue weighted by molar-refractivity contribution is 0.0795. The molecule has 1 N–H and O–H groups in total. The van der Waals surface area contributed by atoms with Crippen LogP contribution in [-0.4, -0.2) is 32.4 Å². The SMILES string of the molecule is COCC(CNC(C)C)Oc1ccc(Br)cc1Cl. The Kier molecular flexibility index (Phi) is 7.00.